The van der Waals surface area contributed by atoms with Crippen LogP contribution in [0, 0.1) is 0 Å². The van der Waals surface area contributed by atoms with Crippen LogP contribution in [0.15, 0.2) is 71.9 Å². The van der Waals surface area contributed by atoms with Gasteiger partial charge in [0.05, 0.1) is 23.2 Å². The molecule has 0 saturated heterocycles. The number of nitrogens with zero attached hydrogens (tertiary/aromatic N) is 3. The van der Waals surface area contributed by atoms with Gasteiger partial charge in [0.25, 0.3) is 0 Å². The Balaban J connectivity index is 1.61. The first-order valence-electron chi connectivity index (χ1n) is 10.9. The minimum absolute atomic E-state index is 0.0351. The average molecular weight is 462 g/mol. The predicted octanol–water partition coefficient (Wildman–Crippen LogP) is 6.53. The topological polar surface area (TPSA) is 46.1 Å². The van der Waals surface area contributed by atoms with Crippen molar-refractivity contribution in [2.75, 3.05) is 4.90 Å². The fourth-order valence-electron chi connectivity index (χ4n) is 3.46. The summed E-state index contributed by atoms with van der Waals surface area (Å²) < 4.78 is 1.11. The fraction of sp³-hybridized carbons (Fsp3) is 0.269. The first-order chi connectivity index (χ1) is 15.5. The number of thioether (sulfide) groups is 1. The highest BCUT2D eigenvalue weighted by Crippen LogP contribution is 2.31. The summed E-state index contributed by atoms with van der Waals surface area (Å²) >= 11 is 3.40. The molecule has 0 saturated carbocycles. The zero-order valence-electron chi connectivity index (χ0n) is 18.6. The summed E-state index contributed by atoms with van der Waals surface area (Å²) in [4.78, 5) is 25.5. The molecule has 2 heterocycles. The number of hydrogen-bond donors (Lipinski definition) is 0. The van der Waals surface area contributed by atoms with Crippen LogP contribution in [0.3, 0.4) is 0 Å². The van der Waals surface area contributed by atoms with Crippen LogP contribution in [-0.4, -0.2) is 21.1 Å². The van der Waals surface area contributed by atoms with Crippen LogP contribution >= 0.6 is 23.1 Å². The molecule has 0 aliphatic carbocycles. The number of aromatic nitrogens is 2. The first kappa shape index (κ1) is 22.5. The summed E-state index contributed by atoms with van der Waals surface area (Å²) in [7, 11) is 0. The number of carbonyl (C=O) groups is 1. The van der Waals surface area contributed by atoms with E-state index < -0.39 is 0 Å². The van der Waals surface area contributed by atoms with E-state index in [1.807, 2.05) is 30.0 Å². The van der Waals surface area contributed by atoms with Crippen molar-refractivity contribution in [1.82, 2.24) is 9.97 Å². The normalized spacial score (nSPS) is 11.2. The van der Waals surface area contributed by atoms with Crippen molar-refractivity contribution in [3.8, 4) is 0 Å². The second kappa shape index (κ2) is 10.3. The first-order valence-corrected chi connectivity index (χ1v) is 12.6. The van der Waals surface area contributed by atoms with E-state index in [2.05, 4.69) is 62.2 Å². The van der Waals surface area contributed by atoms with Gasteiger partial charge in [-0.05, 0) is 53.4 Å². The summed E-state index contributed by atoms with van der Waals surface area (Å²) in [6.45, 7) is 6.96. The molecule has 164 valence electrons. The molecule has 0 aliphatic heterocycles. The average Bonchev–Trinajstić information content (AvgIpc) is 3.22. The zero-order valence-corrected chi connectivity index (χ0v) is 20.2. The van der Waals surface area contributed by atoms with E-state index in [9.17, 15) is 4.79 Å². The number of fused-ring (bicyclic) bond motifs is 1. The zero-order chi connectivity index (χ0) is 22.5. The number of carbonyl (C=O) groups excluding carboxylic acids is 1. The van der Waals surface area contributed by atoms with Crippen LogP contribution < -0.4 is 4.90 Å². The number of benzene rings is 2. The van der Waals surface area contributed by atoms with Gasteiger partial charge in [0.2, 0.25) is 5.91 Å². The summed E-state index contributed by atoms with van der Waals surface area (Å²) in [6, 6.07) is 18.5. The van der Waals surface area contributed by atoms with Gasteiger partial charge < -0.3 is 0 Å². The van der Waals surface area contributed by atoms with Crippen LogP contribution in [0.4, 0.5) is 5.13 Å². The van der Waals surface area contributed by atoms with Gasteiger partial charge in [0.1, 0.15) is 0 Å². The lowest BCUT2D eigenvalue weighted by molar-refractivity contribution is -0.118. The van der Waals surface area contributed by atoms with E-state index in [0.717, 1.165) is 32.9 Å². The Morgan fingerprint density at radius 2 is 1.84 bits per heavy atom. The molecule has 0 N–H and O–H groups in total. The molecule has 4 aromatic rings. The van der Waals surface area contributed by atoms with Crippen LogP contribution in [0.25, 0.3) is 10.2 Å². The van der Waals surface area contributed by atoms with Crippen molar-refractivity contribution < 1.29 is 4.79 Å². The van der Waals surface area contributed by atoms with E-state index in [-0.39, 0.29) is 5.91 Å². The Bertz CT molecular complexity index is 1190. The fourth-order valence-corrected chi connectivity index (χ4v) is 5.34. The Morgan fingerprint density at radius 1 is 1.06 bits per heavy atom. The highest BCUT2D eigenvalue weighted by Gasteiger charge is 2.21. The third-order valence-corrected chi connectivity index (χ3v) is 7.15. The Kier molecular flexibility index (Phi) is 7.22. The molecular weight excluding hydrogens is 434 g/mol. The molecule has 32 heavy (non-hydrogen) atoms. The molecule has 0 spiro atoms. The van der Waals surface area contributed by atoms with E-state index in [1.54, 1.807) is 28.6 Å². The summed E-state index contributed by atoms with van der Waals surface area (Å²) in [6.07, 6.45) is 4.87. The highest BCUT2D eigenvalue weighted by molar-refractivity contribution is 7.99. The lowest BCUT2D eigenvalue weighted by Gasteiger charge is -2.20. The molecule has 4 rings (SSSR count). The molecule has 6 heteroatoms. The lowest BCUT2D eigenvalue weighted by atomic mass is 10.1. The number of rotatable bonds is 8. The maximum atomic E-state index is 13.4. The Labute approximate surface area is 197 Å². The Morgan fingerprint density at radius 3 is 2.53 bits per heavy atom. The molecule has 0 radical (unpaired) electrons. The largest absolute Gasteiger partial charge is 0.283 e. The third-order valence-electron chi connectivity index (χ3n) is 5.10. The minimum atomic E-state index is 0.0351. The summed E-state index contributed by atoms with van der Waals surface area (Å²) in [5.74, 6) is 0.0351. The Hall–Kier alpha value is -2.70. The summed E-state index contributed by atoms with van der Waals surface area (Å²) in [5, 5.41) is 1.26. The quantitative estimate of drug-likeness (QED) is 0.280. The highest BCUT2D eigenvalue weighted by atomic mass is 32.2. The van der Waals surface area contributed by atoms with Crippen LogP contribution in [0.5, 0.6) is 0 Å². The molecule has 0 unspecified atom stereocenters. The van der Waals surface area contributed by atoms with Crippen molar-refractivity contribution in [2.24, 2.45) is 0 Å². The predicted molar refractivity (Wildman–Crippen MR) is 136 cm³/mol. The van der Waals surface area contributed by atoms with Crippen LogP contribution in [0.2, 0.25) is 0 Å². The van der Waals surface area contributed by atoms with Gasteiger partial charge >= 0.3 is 0 Å². The smallest absolute Gasteiger partial charge is 0.233 e. The van der Waals surface area contributed by atoms with Crippen molar-refractivity contribution in [3.05, 3.63) is 83.7 Å². The SMILES string of the molecule is CCc1ccc2nc(N(Cc3cccnc3)C(=O)Cc3ccc(SC(C)C)cc3)sc2c1. The maximum absolute atomic E-state index is 13.4. The van der Waals surface area contributed by atoms with Gasteiger partial charge in [-0.2, -0.15) is 0 Å². The van der Waals surface area contributed by atoms with Crippen molar-refractivity contribution in [3.63, 3.8) is 0 Å². The molecule has 1 amide bonds. The van der Waals surface area contributed by atoms with Gasteiger partial charge in [0, 0.05) is 22.5 Å². The van der Waals surface area contributed by atoms with Gasteiger partial charge in [-0.1, -0.05) is 56.4 Å². The van der Waals surface area contributed by atoms with E-state index in [0.29, 0.717) is 18.2 Å². The van der Waals surface area contributed by atoms with Crippen molar-refractivity contribution in [1.29, 1.82) is 0 Å². The van der Waals surface area contributed by atoms with E-state index in [4.69, 9.17) is 4.98 Å². The summed E-state index contributed by atoms with van der Waals surface area (Å²) in [5.41, 5.74) is 4.20. The number of anilines is 1. The van der Waals surface area contributed by atoms with Gasteiger partial charge in [-0.15, -0.1) is 11.8 Å². The molecule has 0 atom stereocenters. The second-order valence-electron chi connectivity index (χ2n) is 7.98. The van der Waals surface area contributed by atoms with Crippen molar-refractivity contribution in [2.45, 2.75) is 50.3 Å². The van der Waals surface area contributed by atoms with Gasteiger partial charge in [0.15, 0.2) is 5.13 Å². The third kappa shape index (κ3) is 5.56. The van der Waals surface area contributed by atoms with Crippen molar-refractivity contribution >= 4 is 44.4 Å². The minimum Gasteiger partial charge on any atom is -0.283 e. The van der Waals surface area contributed by atoms with E-state index >= 15 is 0 Å². The number of hydrogen-bond acceptors (Lipinski definition) is 5. The number of pyridine rings is 1. The standard InChI is InChI=1S/C26H27N3OS2/c1-4-19-9-12-23-24(14-19)32-26(28-23)29(17-21-6-5-13-27-16-21)25(30)15-20-7-10-22(11-8-20)31-18(2)3/h5-14,16,18H,4,15,17H2,1-3H3. The molecule has 0 fully saturated rings. The van der Waals surface area contributed by atoms with Gasteiger partial charge in [-0.3, -0.25) is 14.7 Å². The molecule has 0 aliphatic rings. The van der Waals surface area contributed by atoms with Crippen LogP contribution in [0.1, 0.15) is 37.5 Å². The molecule has 2 aromatic heterocycles. The molecule has 2 aromatic carbocycles. The monoisotopic (exact) mass is 461 g/mol. The molecule has 4 nitrogen and oxygen atoms in total. The van der Waals surface area contributed by atoms with Gasteiger partial charge in [-0.25, -0.2) is 4.98 Å². The van der Waals surface area contributed by atoms with Crippen LogP contribution in [-0.2, 0) is 24.2 Å². The number of aryl methyl sites for hydroxylation is 1. The van der Waals surface area contributed by atoms with E-state index in [1.165, 1.54) is 10.5 Å². The number of thiazole rings is 1. The molecule has 0 bridgehead atoms. The lowest BCUT2D eigenvalue weighted by Crippen LogP contribution is -2.31. The molecular formula is C26H27N3OS2. The second-order valence-corrected chi connectivity index (χ2v) is 10.6. The number of amides is 1. The maximum Gasteiger partial charge on any atom is 0.233 e.